The molecule has 3 rings (SSSR count). The van der Waals surface area contributed by atoms with E-state index in [9.17, 15) is 0 Å². The van der Waals surface area contributed by atoms with E-state index in [4.69, 9.17) is 0 Å². The normalized spacial score (nSPS) is 17.0. The van der Waals surface area contributed by atoms with Gasteiger partial charge in [0.1, 0.15) is 11.6 Å². The number of nitrogens with one attached hydrogen (secondary N) is 1. The molecule has 1 aromatic carbocycles. The van der Waals surface area contributed by atoms with E-state index in [1.807, 2.05) is 14.0 Å². The van der Waals surface area contributed by atoms with Gasteiger partial charge < -0.3 is 9.88 Å². The highest BCUT2D eigenvalue weighted by molar-refractivity contribution is 5.16. The number of aryl methyl sites for hydroxylation is 1. The number of hydrogen-bond donors (Lipinski definition) is 1. The molecule has 1 heterocycles. The minimum Gasteiger partial charge on any atom is -0.317 e. The lowest BCUT2D eigenvalue weighted by Crippen LogP contribution is -2.37. The molecule has 0 aliphatic heterocycles. The highest BCUT2D eigenvalue weighted by atomic mass is 15.3. The summed E-state index contributed by atoms with van der Waals surface area (Å²) in [6.07, 6.45) is 6.55. The molecule has 1 fully saturated rings. The second kappa shape index (κ2) is 7.05. The monoisotopic (exact) mass is 298 g/mol. The molecule has 22 heavy (non-hydrogen) atoms. The first kappa shape index (κ1) is 15.2. The maximum absolute atomic E-state index is 4.27. The lowest BCUT2D eigenvalue weighted by molar-refractivity contribution is 0.349. The first-order valence-corrected chi connectivity index (χ1v) is 8.36. The highest BCUT2D eigenvalue weighted by Gasteiger charge is 2.25. The molecule has 4 nitrogen and oxygen atoms in total. The zero-order chi connectivity index (χ0) is 15.4. The summed E-state index contributed by atoms with van der Waals surface area (Å²) in [6, 6.07) is 11.3. The summed E-state index contributed by atoms with van der Waals surface area (Å²) in [6.45, 7) is 2.79. The summed E-state index contributed by atoms with van der Waals surface area (Å²) < 4.78 is 2.07. The minimum absolute atomic E-state index is 0.530. The van der Waals surface area contributed by atoms with Crippen molar-refractivity contribution in [3.8, 4) is 0 Å². The molecule has 0 bridgehead atoms. The standard InChI is InChI=1S/C18H26N4/c1-14-20-21-18(22(14)2)13-19-17(16-10-6-7-11-16)12-15-8-4-3-5-9-15/h3-5,8-9,16-17,19H,6-7,10-13H2,1-2H3/t17-/m0/s1. The van der Waals surface area contributed by atoms with Gasteiger partial charge in [-0.1, -0.05) is 43.2 Å². The van der Waals surface area contributed by atoms with Gasteiger partial charge in [0, 0.05) is 13.1 Å². The zero-order valence-electron chi connectivity index (χ0n) is 13.6. The van der Waals surface area contributed by atoms with Crippen molar-refractivity contribution >= 4 is 0 Å². The van der Waals surface area contributed by atoms with Gasteiger partial charge >= 0.3 is 0 Å². The first-order chi connectivity index (χ1) is 10.7. The Labute approximate surface area is 133 Å². The fraction of sp³-hybridized carbons (Fsp3) is 0.556. The molecular weight excluding hydrogens is 272 g/mol. The van der Waals surface area contributed by atoms with Crippen LogP contribution in [0.4, 0.5) is 0 Å². The van der Waals surface area contributed by atoms with E-state index in [0.717, 1.165) is 30.5 Å². The summed E-state index contributed by atoms with van der Waals surface area (Å²) in [5.41, 5.74) is 1.42. The van der Waals surface area contributed by atoms with E-state index in [2.05, 4.69) is 50.4 Å². The molecule has 118 valence electrons. The van der Waals surface area contributed by atoms with Crippen molar-refractivity contribution in [2.45, 2.75) is 51.6 Å². The molecule has 4 heteroatoms. The molecule has 0 spiro atoms. The van der Waals surface area contributed by atoms with E-state index >= 15 is 0 Å². The molecule has 0 saturated heterocycles. The van der Waals surface area contributed by atoms with E-state index in [1.165, 1.54) is 31.2 Å². The van der Waals surface area contributed by atoms with Crippen LogP contribution in [0.5, 0.6) is 0 Å². The average Bonchev–Trinajstić information content (AvgIpc) is 3.17. The van der Waals surface area contributed by atoms with Gasteiger partial charge in [0.15, 0.2) is 0 Å². The van der Waals surface area contributed by atoms with E-state index in [0.29, 0.717) is 6.04 Å². The van der Waals surface area contributed by atoms with Crippen molar-refractivity contribution in [1.82, 2.24) is 20.1 Å². The topological polar surface area (TPSA) is 42.7 Å². The molecule has 1 aliphatic carbocycles. The highest BCUT2D eigenvalue weighted by Crippen LogP contribution is 2.29. The van der Waals surface area contributed by atoms with E-state index in [-0.39, 0.29) is 0 Å². The Kier molecular flexibility index (Phi) is 4.88. The van der Waals surface area contributed by atoms with Gasteiger partial charge in [-0.25, -0.2) is 0 Å². The largest absolute Gasteiger partial charge is 0.317 e. The Balaban J connectivity index is 1.67. The summed E-state index contributed by atoms with van der Waals surface area (Å²) in [5.74, 6) is 2.78. The summed E-state index contributed by atoms with van der Waals surface area (Å²) in [4.78, 5) is 0. The summed E-state index contributed by atoms with van der Waals surface area (Å²) in [7, 11) is 2.04. The van der Waals surface area contributed by atoms with Crippen molar-refractivity contribution in [3.05, 3.63) is 47.5 Å². The van der Waals surface area contributed by atoms with Crippen LogP contribution in [0.15, 0.2) is 30.3 Å². The Morgan fingerprint density at radius 2 is 1.91 bits per heavy atom. The van der Waals surface area contributed by atoms with Crippen LogP contribution in [0.2, 0.25) is 0 Å². The predicted molar refractivity (Wildman–Crippen MR) is 88.5 cm³/mol. The van der Waals surface area contributed by atoms with Crippen LogP contribution < -0.4 is 5.32 Å². The summed E-state index contributed by atoms with van der Waals surface area (Å²) >= 11 is 0. The average molecular weight is 298 g/mol. The second-order valence-electron chi connectivity index (χ2n) is 6.44. The van der Waals surface area contributed by atoms with Crippen molar-refractivity contribution in [2.75, 3.05) is 0 Å². The lowest BCUT2D eigenvalue weighted by Gasteiger charge is -2.25. The van der Waals surface area contributed by atoms with E-state index in [1.54, 1.807) is 0 Å². The first-order valence-electron chi connectivity index (χ1n) is 8.36. The van der Waals surface area contributed by atoms with Gasteiger partial charge in [-0.15, -0.1) is 10.2 Å². The Hall–Kier alpha value is -1.68. The van der Waals surface area contributed by atoms with Crippen molar-refractivity contribution in [3.63, 3.8) is 0 Å². The van der Waals surface area contributed by atoms with E-state index < -0.39 is 0 Å². The second-order valence-corrected chi connectivity index (χ2v) is 6.44. The Bertz CT molecular complexity index is 584. The third kappa shape index (κ3) is 3.55. The Morgan fingerprint density at radius 1 is 1.18 bits per heavy atom. The van der Waals surface area contributed by atoms with Crippen LogP contribution in [0.3, 0.4) is 0 Å². The van der Waals surface area contributed by atoms with Crippen molar-refractivity contribution in [1.29, 1.82) is 0 Å². The van der Waals surface area contributed by atoms with Crippen molar-refractivity contribution < 1.29 is 0 Å². The molecular formula is C18H26N4. The summed E-state index contributed by atoms with van der Waals surface area (Å²) in [5, 5.41) is 12.2. The maximum atomic E-state index is 4.27. The predicted octanol–water partition coefficient (Wildman–Crippen LogP) is 3.01. The van der Waals surface area contributed by atoms with Crippen LogP contribution >= 0.6 is 0 Å². The van der Waals surface area contributed by atoms with Crippen LogP contribution in [0.1, 0.15) is 42.9 Å². The SMILES string of the molecule is Cc1nnc(CN[C@@H](Cc2ccccc2)C2CCCC2)n1C. The van der Waals surface area contributed by atoms with Gasteiger partial charge in [-0.2, -0.15) is 0 Å². The molecule has 1 aromatic heterocycles. The van der Waals surface area contributed by atoms with Gasteiger partial charge in [0.25, 0.3) is 0 Å². The van der Waals surface area contributed by atoms with Crippen LogP contribution in [0.25, 0.3) is 0 Å². The number of aromatic nitrogens is 3. The smallest absolute Gasteiger partial charge is 0.146 e. The molecule has 0 amide bonds. The van der Waals surface area contributed by atoms with Crippen LogP contribution in [0, 0.1) is 12.8 Å². The maximum Gasteiger partial charge on any atom is 0.146 e. The number of hydrogen-bond acceptors (Lipinski definition) is 3. The third-order valence-electron chi connectivity index (χ3n) is 4.97. The number of nitrogens with zero attached hydrogens (tertiary/aromatic N) is 3. The van der Waals surface area contributed by atoms with Crippen LogP contribution in [-0.4, -0.2) is 20.8 Å². The lowest BCUT2D eigenvalue weighted by atomic mass is 9.92. The van der Waals surface area contributed by atoms with Gasteiger partial charge in [0.05, 0.1) is 6.54 Å². The van der Waals surface area contributed by atoms with Gasteiger partial charge in [0.2, 0.25) is 0 Å². The molecule has 1 saturated carbocycles. The zero-order valence-corrected chi connectivity index (χ0v) is 13.6. The number of benzene rings is 1. The quantitative estimate of drug-likeness (QED) is 0.891. The molecule has 0 unspecified atom stereocenters. The van der Waals surface area contributed by atoms with Gasteiger partial charge in [-0.05, 0) is 37.7 Å². The molecule has 0 radical (unpaired) electrons. The molecule has 1 atom stereocenters. The fourth-order valence-corrected chi connectivity index (χ4v) is 3.46. The fourth-order valence-electron chi connectivity index (χ4n) is 3.46. The Morgan fingerprint density at radius 3 is 2.55 bits per heavy atom. The minimum atomic E-state index is 0.530. The number of rotatable bonds is 6. The van der Waals surface area contributed by atoms with Crippen molar-refractivity contribution in [2.24, 2.45) is 13.0 Å². The van der Waals surface area contributed by atoms with Gasteiger partial charge in [-0.3, -0.25) is 0 Å². The van der Waals surface area contributed by atoms with Crippen LogP contribution in [-0.2, 0) is 20.0 Å². The molecule has 1 aliphatic rings. The molecule has 1 N–H and O–H groups in total. The molecule has 2 aromatic rings. The third-order valence-corrected chi connectivity index (χ3v) is 4.97.